The summed E-state index contributed by atoms with van der Waals surface area (Å²) >= 11 is 0. The first-order valence-corrected chi connectivity index (χ1v) is 8.14. The van der Waals surface area contributed by atoms with Crippen molar-refractivity contribution in [2.75, 3.05) is 18.9 Å². The number of ether oxygens (including phenoxy) is 1. The maximum atomic E-state index is 13.7. The molecule has 1 unspecified atom stereocenters. The molecule has 0 amide bonds. The van der Waals surface area contributed by atoms with Crippen LogP contribution >= 0.6 is 0 Å². The van der Waals surface area contributed by atoms with Crippen molar-refractivity contribution in [1.82, 2.24) is 4.72 Å². The van der Waals surface area contributed by atoms with Crippen LogP contribution in [-0.4, -0.2) is 27.7 Å². The summed E-state index contributed by atoms with van der Waals surface area (Å²) in [6, 6.07) is 0.900. The number of benzene rings is 1. The second kappa shape index (κ2) is 6.25. The van der Waals surface area contributed by atoms with Crippen LogP contribution in [-0.2, 0) is 14.8 Å². The number of hydrogen-bond donors (Lipinski definition) is 2. The van der Waals surface area contributed by atoms with E-state index in [9.17, 15) is 17.2 Å². The highest BCUT2D eigenvalue weighted by Gasteiger charge is 2.27. The van der Waals surface area contributed by atoms with Crippen LogP contribution in [0.5, 0.6) is 0 Å². The molecule has 21 heavy (non-hydrogen) atoms. The van der Waals surface area contributed by atoms with Gasteiger partial charge in [0.05, 0.1) is 5.69 Å². The number of hydrogen-bond acceptors (Lipinski definition) is 4. The molecule has 1 aromatic rings. The summed E-state index contributed by atoms with van der Waals surface area (Å²) in [6.07, 6.45) is 1.47. The van der Waals surface area contributed by atoms with E-state index >= 15 is 0 Å². The smallest absolute Gasteiger partial charge is 0.243 e. The molecule has 0 aromatic heterocycles. The quantitative estimate of drug-likeness (QED) is 0.826. The SMILES string of the molecule is CC(NS(=O)(=O)c1cc(N)c(F)cc1F)C1CCOCC1. The summed E-state index contributed by atoms with van der Waals surface area (Å²) in [7, 11) is -4.09. The van der Waals surface area contributed by atoms with Crippen molar-refractivity contribution in [2.45, 2.75) is 30.7 Å². The van der Waals surface area contributed by atoms with Crippen LogP contribution < -0.4 is 10.5 Å². The lowest BCUT2D eigenvalue weighted by Gasteiger charge is -2.28. The van der Waals surface area contributed by atoms with Gasteiger partial charge >= 0.3 is 0 Å². The van der Waals surface area contributed by atoms with E-state index in [2.05, 4.69) is 4.72 Å². The molecule has 5 nitrogen and oxygen atoms in total. The summed E-state index contributed by atoms with van der Waals surface area (Å²) < 4.78 is 58.9. The van der Waals surface area contributed by atoms with Crippen molar-refractivity contribution in [1.29, 1.82) is 0 Å². The second-order valence-electron chi connectivity index (χ2n) is 5.16. The number of halogens is 2. The zero-order chi connectivity index (χ0) is 15.6. The monoisotopic (exact) mass is 320 g/mol. The highest BCUT2D eigenvalue weighted by atomic mass is 32.2. The second-order valence-corrected chi connectivity index (χ2v) is 6.85. The van der Waals surface area contributed by atoms with Crippen molar-refractivity contribution in [2.24, 2.45) is 5.92 Å². The molecule has 1 atom stereocenters. The molecule has 1 heterocycles. The molecule has 0 saturated carbocycles. The van der Waals surface area contributed by atoms with Gasteiger partial charge in [0, 0.05) is 25.3 Å². The topological polar surface area (TPSA) is 81.4 Å². The van der Waals surface area contributed by atoms with Gasteiger partial charge in [0.15, 0.2) is 0 Å². The lowest BCUT2D eigenvalue weighted by Crippen LogP contribution is -2.40. The maximum absolute atomic E-state index is 13.7. The van der Waals surface area contributed by atoms with Crippen LogP contribution in [0, 0.1) is 17.6 Å². The van der Waals surface area contributed by atoms with E-state index in [1.165, 1.54) is 0 Å². The largest absolute Gasteiger partial charge is 0.396 e. The van der Waals surface area contributed by atoms with Crippen LogP contribution in [0.25, 0.3) is 0 Å². The third-order valence-electron chi connectivity index (χ3n) is 3.65. The van der Waals surface area contributed by atoms with Gasteiger partial charge in [0.1, 0.15) is 16.5 Å². The molecular formula is C13H18F2N2O3S. The Morgan fingerprint density at radius 3 is 2.52 bits per heavy atom. The van der Waals surface area contributed by atoms with Crippen LogP contribution in [0.15, 0.2) is 17.0 Å². The van der Waals surface area contributed by atoms with Gasteiger partial charge < -0.3 is 10.5 Å². The van der Waals surface area contributed by atoms with E-state index in [-0.39, 0.29) is 12.0 Å². The van der Waals surface area contributed by atoms with Gasteiger partial charge in [-0.25, -0.2) is 21.9 Å². The molecule has 1 fully saturated rings. The lowest BCUT2D eigenvalue weighted by molar-refractivity contribution is 0.0585. The van der Waals surface area contributed by atoms with Gasteiger partial charge in [0.2, 0.25) is 10.0 Å². The van der Waals surface area contributed by atoms with Crippen molar-refractivity contribution in [3.63, 3.8) is 0 Å². The molecule has 1 aliphatic heterocycles. The minimum absolute atomic E-state index is 0.120. The van der Waals surface area contributed by atoms with Crippen LogP contribution in [0.4, 0.5) is 14.5 Å². The summed E-state index contributed by atoms with van der Waals surface area (Å²) in [6.45, 7) is 2.88. The van der Waals surface area contributed by atoms with Gasteiger partial charge in [-0.2, -0.15) is 0 Å². The first-order valence-electron chi connectivity index (χ1n) is 6.66. The Hall–Kier alpha value is -1.25. The van der Waals surface area contributed by atoms with E-state index in [0.717, 1.165) is 18.9 Å². The fraction of sp³-hybridized carbons (Fsp3) is 0.538. The number of sulfonamides is 1. The third kappa shape index (κ3) is 3.69. The van der Waals surface area contributed by atoms with E-state index < -0.39 is 32.2 Å². The standard InChI is InChI=1S/C13H18F2N2O3S/c1-8(9-2-4-20-5-3-9)17-21(18,19)13-7-12(16)10(14)6-11(13)15/h6-9,17H,2-5,16H2,1H3. The average Bonchev–Trinajstić information content (AvgIpc) is 2.43. The Morgan fingerprint density at radius 1 is 1.29 bits per heavy atom. The zero-order valence-electron chi connectivity index (χ0n) is 11.6. The molecule has 0 bridgehead atoms. The minimum atomic E-state index is -4.09. The Balaban J connectivity index is 2.20. The minimum Gasteiger partial charge on any atom is -0.396 e. The van der Waals surface area contributed by atoms with Gasteiger partial charge in [-0.3, -0.25) is 0 Å². The van der Waals surface area contributed by atoms with E-state index in [0.29, 0.717) is 19.3 Å². The maximum Gasteiger partial charge on any atom is 0.243 e. The normalized spacial score (nSPS) is 18.6. The predicted octanol–water partition coefficient (Wildman–Crippen LogP) is 1.64. The van der Waals surface area contributed by atoms with Gasteiger partial charge in [0.25, 0.3) is 0 Å². The number of rotatable bonds is 4. The fourth-order valence-corrected chi connectivity index (χ4v) is 3.78. The summed E-state index contributed by atoms with van der Waals surface area (Å²) in [5, 5.41) is 0. The summed E-state index contributed by atoms with van der Waals surface area (Å²) in [5.74, 6) is -2.02. The Bertz CT molecular complexity index is 616. The molecule has 8 heteroatoms. The first kappa shape index (κ1) is 16.1. The van der Waals surface area contributed by atoms with Gasteiger partial charge in [-0.1, -0.05) is 0 Å². The van der Waals surface area contributed by atoms with Crippen LogP contribution in [0.3, 0.4) is 0 Å². The third-order valence-corrected chi connectivity index (χ3v) is 5.23. The highest BCUT2D eigenvalue weighted by Crippen LogP contribution is 2.23. The fourth-order valence-electron chi connectivity index (χ4n) is 2.37. The summed E-state index contributed by atoms with van der Waals surface area (Å²) in [4.78, 5) is -0.639. The lowest BCUT2D eigenvalue weighted by atomic mass is 9.94. The van der Waals surface area contributed by atoms with Crippen molar-refractivity contribution < 1.29 is 21.9 Å². The van der Waals surface area contributed by atoms with E-state index in [1.54, 1.807) is 6.92 Å². The molecule has 1 saturated heterocycles. The highest BCUT2D eigenvalue weighted by molar-refractivity contribution is 7.89. The molecular weight excluding hydrogens is 302 g/mol. The number of anilines is 1. The molecule has 1 aromatic carbocycles. The number of nitrogens with two attached hydrogens (primary N) is 1. The van der Waals surface area contributed by atoms with Crippen molar-refractivity contribution >= 4 is 15.7 Å². The van der Waals surface area contributed by atoms with Crippen molar-refractivity contribution in [3.8, 4) is 0 Å². The predicted molar refractivity (Wildman–Crippen MR) is 74.1 cm³/mol. The average molecular weight is 320 g/mol. The number of nitrogen functional groups attached to an aromatic ring is 1. The van der Waals surface area contributed by atoms with Crippen molar-refractivity contribution in [3.05, 3.63) is 23.8 Å². The van der Waals surface area contributed by atoms with Gasteiger partial charge in [-0.15, -0.1) is 0 Å². The molecule has 0 aliphatic carbocycles. The zero-order valence-corrected chi connectivity index (χ0v) is 12.4. The van der Waals surface area contributed by atoms with E-state index in [1.807, 2.05) is 0 Å². The van der Waals surface area contributed by atoms with Crippen LogP contribution in [0.2, 0.25) is 0 Å². The number of nitrogens with one attached hydrogen (secondary N) is 1. The first-order chi connectivity index (χ1) is 9.81. The molecule has 0 radical (unpaired) electrons. The summed E-state index contributed by atoms with van der Waals surface area (Å²) in [5.41, 5.74) is 4.90. The van der Waals surface area contributed by atoms with Gasteiger partial charge in [-0.05, 0) is 31.7 Å². The molecule has 1 aliphatic rings. The molecule has 0 spiro atoms. The Labute approximate surface area is 122 Å². The molecule has 118 valence electrons. The van der Waals surface area contributed by atoms with Crippen LogP contribution in [0.1, 0.15) is 19.8 Å². The molecule has 3 N–H and O–H groups in total. The van der Waals surface area contributed by atoms with E-state index in [4.69, 9.17) is 10.5 Å². The Kier molecular flexibility index (Phi) is 4.80. The Morgan fingerprint density at radius 2 is 1.90 bits per heavy atom. The molecule has 2 rings (SSSR count).